The molecule has 1 aromatic carbocycles. The van der Waals surface area contributed by atoms with Gasteiger partial charge in [0.15, 0.2) is 5.78 Å². The van der Waals surface area contributed by atoms with E-state index in [2.05, 4.69) is 0 Å². The van der Waals surface area contributed by atoms with Gasteiger partial charge in [-0.2, -0.15) is 0 Å². The molecule has 0 aliphatic rings. The summed E-state index contributed by atoms with van der Waals surface area (Å²) in [6.07, 6.45) is 2.87. The summed E-state index contributed by atoms with van der Waals surface area (Å²) in [5.74, 6) is -0.102. The van der Waals surface area contributed by atoms with Crippen molar-refractivity contribution in [2.75, 3.05) is 12.9 Å². The van der Waals surface area contributed by atoms with Crippen molar-refractivity contribution in [2.24, 2.45) is 0 Å². The van der Waals surface area contributed by atoms with Gasteiger partial charge in [0.25, 0.3) is 0 Å². The number of Topliss-reactive ketones (excluding diaryl/α,β-unsaturated/α-hetero) is 1. The third-order valence-electron chi connectivity index (χ3n) is 2.37. The lowest BCUT2D eigenvalue weighted by atomic mass is 10.1. The summed E-state index contributed by atoms with van der Waals surface area (Å²) in [7, 11) is 1.49. The van der Waals surface area contributed by atoms with Gasteiger partial charge in [0.2, 0.25) is 0 Å². The fourth-order valence-electron chi connectivity index (χ4n) is 1.44. The van der Waals surface area contributed by atoms with E-state index in [1.165, 1.54) is 13.2 Å². The van der Waals surface area contributed by atoms with E-state index in [1.54, 1.807) is 30.3 Å². The van der Waals surface area contributed by atoms with Crippen molar-refractivity contribution in [1.29, 1.82) is 0 Å². The Morgan fingerprint density at radius 2 is 2.11 bits per heavy atom. The first-order valence-corrected chi connectivity index (χ1v) is 6.71. The third kappa shape index (κ3) is 5.35. The molecule has 0 radical (unpaired) electrons. The zero-order chi connectivity index (χ0) is 13.4. The second-order valence-corrected chi connectivity index (χ2v) is 4.61. The number of carbonyl (C=O) groups excluding carboxylic acids is 1. The molecule has 4 nitrogen and oxygen atoms in total. The smallest absolute Gasteiger partial charge is 0.165 e. The van der Waals surface area contributed by atoms with Crippen LogP contribution in [0, 0.1) is 0 Å². The average Bonchev–Trinajstić information content (AvgIpc) is 2.38. The van der Waals surface area contributed by atoms with Crippen molar-refractivity contribution in [2.45, 2.75) is 12.5 Å². The minimum atomic E-state index is -2.11. The minimum absolute atomic E-state index is 0.0321. The Labute approximate surface area is 109 Å². The van der Waals surface area contributed by atoms with Gasteiger partial charge in [-0.05, 0) is 0 Å². The maximum atomic E-state index is 11.9. The van der Waals surface area contributed by atoms with Crippen LogP contribution in [0.3, 0.4) is 0 Å². The number of ether oxygens (including phenoxy) is 1. The van der Waals surface area contributed by atoms with Gasteiger partial charge in [-0.15, -0.1) is 0 Å². The molecule has 0 spiro atoms. The Balaban J connectivity index is 2.55. The molecule has 18 heavy (non-hydrogen) atoms. The maximum absolute atomic E-state index is 11.9. The topological polar surface area (TPSA) is 66.4 Å². The van der Waals surface area contributed by atoms with Crippen LogP contribution >= 0.6 is 0 Å². The van der Waals surface area contributed by atoms with Gasteiger partial charge in [-0.25, -0.2) is 0 Å². The summed E-state index contributed by atoms with van der Waals surface area (Å²) < 4.78 is 25.8. The second kappa shape index (κ2) is 7.92. The first-order valence-electron chi connectivity index (χ1n) is 5.47. The van der Waals surface area contributed by atoms with Gasteiger partial charge < -0.3 is 9.29 Å². The van der Waals surface area contributed by atoms with Gasteiger partial charge in [-0.1, -0.05) is 53.6 Å². The SMILES string of the molecule is COC(/C=C\CS(=O)[O-])CC(=O)c1ccccc1. The Bertz CT molecular complexity index is 428. The number of hydrogen-bond acceptors (Lipinski definition) is 4. The highest BCUT2D eigenvalue weighted by atomic mass is 32.2. The van der Waals surface area contributed by atoms with Crippen LogP contribution in [0.5, 0.6) is 0 Å². The lowest BCUT2D eigenvalue weighted by molar-refractivity contribution is 0.0852. The molecular formula is C13H15O4S-. The van der Waals surface area contributed by atoms with E-state index in [0.717, 1.165) is 0 Å². The summed E-state index contributed by atoms with van der Waals surface area (Å²) >= 11 is -2.11. The molecular weight excluding hydrogens is 252 g/mol. The average molecular weight is 267 g/mol. The van der Waals surface area contributed by atoms with E-state index in [9.17, 15) is 13.6 Å². The molecule has 98 valence electrons. The largest absolute Gasteiger partial charge is 0.772 e. The quantitative estimate of drug-likeness (QED) is 0.428. The Kier molecular flexibility index (Phi) is 6.49. The highest BCUT2D eigenvalue weighted by molar-refractivity contribution is 7.79. The number of benzene rings is 1. The van der Waals surface area contributed by atoms with E-state index < -0.39 is 17.2 Å². The van der Waals surface area contributed by atoms with Crippen molar-refractivity contribution in [1.82, 2.24) is 0 Å². The molecule has 0 heterocycles. The number of methoxy groups -OCH3 is 1. The summed E-state index contributed by atoms with van der Waals surface area (Å²) in [5.41, 5.74) is 0.625. The fourth-order valence-corrected chi connectivity index (χ4v) is 1.71. The molecule has 0 saturated heterocycles. The number of carbonyl (C=O) groups is 1. The van der Waals surface area contributed by atoms with Crippen molar-refractivity contribution in [3.63, 3.8) is 0 Å². The molecule has 0 aromatic heterocycles. The van der Waals surface area contributed by atoms with Crippen molar-refractivity contribution in [3.8, 4) is 0 Å². The predicted octanol–water partition coefficient (Wildman–Crippen LogP) is 1.71. The molecule has 0 fully saturated rings. The Morgan fingerprint density at radius 1 is 1.44 bits per heavy atom. The Hall–Kier alpha value is -1.30. The van der Waals surface area contributed by atoms with Crippen molar-refractivity contribution >= 4 is 16.9 Å². The maximum Gasteiger partial charge on any atom is 0.165 e. The lowest BCUT2D eigenvalue weighted by Gasteiger charge is -2.10. The van der Waals surface area contributed by atoms with Crippen LogP contribution in [-0.2, 0) is 15.8 Å². The van der Waals surface area contributed by atoms with Crippen LogP contribution in [0.25, 0.3) is 0 Å². The third-order valence-corrected chi connectivity index (χ3v) is 2.83. The van der Waals surface area contributed by atoms with Crippen LogP contribution < -0.4 is 0 Å². The molecule has 0 aliphatic carbocycles. The summed E-state index contributed by atoms with van der Waals surface area (Å²) in [6.45, 7) is 0. The molecule has 0 bridgehead atoms. The van der Waals surface area contributed by atoms with Gasteiger partial charge in [0.05, 0.1) is 6.10 Å². The molecule has 0 amide bonds. The first kappa shape index (κ1) is 14.8. The summed E-state index contributed by atoms with van der Waals surface area (Å²) in [5, 5.41) is 0. The molecule has 1 aromatic rings. The molecule has 0 saturated carbocycles. The standard InChI is InChI=1S/C13H16O4S/c1-17-12(8-5-9-18(15)16)10-13(14)11-6-3-2-4-7-11/h2-8,12H,9-10H2,1H3,(H,15,16)/p-1/b8-5-. The van der Waals surface area contributed by atoms with E-state index in [0.29, 0.717) is 5.56 Å². The second-order valence-electron chi connectivity index (χ2n) is 3.67. The van der Waals surface area contributed by atoms with E-state index in [4.69, 9.17) is 4.74 Å². The molecule has 0 N–H and O–H groups in total. The van der Waals surface area contributed by atoms with Crippen molar-refractivity contribution in [3.05, 3.63) is 48.0 Å². The summed E-state index contributed by atoms with van der Waals surface area (Å²) in [6, 6.07) is 8.92. The molecule has 2 unspecified atom stereocenters. The highest BCUT2D eigenvalue weighted by Crippen LogP contribution is 2.08. The fraction of sp³-hybridized carbons (Fsp3) is 0.308. The van der Waals surface area contributed by atoms with Crippen LogP contribution in [-0.4, -0.2) is 33.5 Å². The first-order chi connectivity index (χ1) is 8.63. The van der Waals surface area contributed by atoms with Gasteiger partial charge in [0, 0.05) is 24.8 Å². The van der Waals surface area contributed by atoms with Gasteiger partial charge in [-0.3, -0.25) is 9.00 Å². The van der Waals surface area contributed by atoms with Crippen LogP contribution in [0.15, 0.2) is 42.5 Å². The van der Waals surface area contributed by atoms with Gasteiger partial charge >= 0.3 is 0 Å². The zero-order valence-electron chi connectivity index (χ0n) is 10.1. The van der Waals surface area contributed by atoms with Crippen LogP contribution in [0.4, 0.5) is 0 Å². The van der Waals surface area contributed by atoms with Crippen molar-refractivity contribution < 1.29 is 18.3 Å². The minimum Gasteiger partial charge on any atom is -0.772 e. The summed E-state index contributed by atoms with van der Waals surface area (Å²) in [4.78, 5) is 11.9. The lowest BCUT2D eigenvalue weighted by Crippen LogP contribution is -2.14. The molecule has 0 aliphatic heterocycles. The highest BCUT2D eigenvalue weighted by Gasteiger charge is 2.11. The molecule has 1 rings (SSSR count). The van der Waals surface area contributed by atoms with E-state index in [1.807, 2.05) is 6.07 Å². The van der Waals surface area contributed by atoms with E-state index in [-0.39, 0.29) is 18.0 Å². The Morgan fingerprint density at radius 3 is 2.67 bits per heavy atom. The number of ketones is 1. The zero-order valence-corrected chi connectivity index (χ0v) is 10.9. The monoisotopic (exact) mass is 267 g/mol. The normalized spacial score (nSPS) is 14.6. The van der Waals surface area contributed by atoms with Crippen LogP contribution in [0.1, 0.15) is 16.8 Å². The van der Waals surface area contributed by atoms with Gasteiger partial charge in [0.1, 0.15) is 0 Å². The number of hydrogen-bond donors (Lipinski definition) is 0. The van der Waals surface area contributed by atoms with Crippen LogP contribution in [0.2, 0.25) is 0 Å². The predicted molar refractivity (Wildman–Crippen MR) is 69.1 cm³/mol. The molecule has 5 heteroatoms. The number of rotatable bonds is 7. The molecule has 2 atom stereocenters. The van der Waals surface area contributed by atoms with E-state index >= 15 is 0 Å².